The van der Waals surface area contributed by atoms with Gasteiger partial charge in [-0.3, -0.25) is 28.9 Å². The van der Waals surface area contributed by atoms with Gasteiger partial charge >= 0.3 is 12.2 Å². The van der Waals surface area contributed by atoms with E-state index in [0.717, 1.165) is 12.1 Å². The van der Waals surface area contributed by atoms with E-state index in [1.807, 2.05) is 0 Å². The normalized spacial score (nSPS) is 26.8. The van der Waals surface area contributed by atoms with Gasteiger partial charge in [0.15, 0.2) is 34.7 Å². The number of hydrogen-bond acceptors (Lipinski definition) is 10. The lowest BCUT2D eigenvalue weighted by Crippen LogP contribution is -2.74. The third-order valence-corrected chi connectivity index (χ3v) is 9.54. The second-order valence-electron chi connectivity index (χ2n) is 12.6. The number of urea groups is 1. The monoisotopic (exact) mass is 693 g/mol. The Morgan fingerprint density at radius 3 is 2.21 bits per heavy atom. The highest BCUT2D eigenvalue weighted by Crippen LogP contribution is 2.53. The van der Waals surface area contributed by atoms with E-state index in [4.69, 9.17) is 17.3 Å². The van der Waals surface area contributed by atoms with E-state index in [9.17, 15) is 52.2 Å². The van der Waals surface area contributed by atoms with Crippen LogP contribution in [0.2, 0.25) is 5.02 Å². The molecule has 2 unspecified atom stereocenters. The molecular weight excluding hydrogens is 663 g/mol. The van der Waals surface area contributed by atoms with Gasteiger partial charge in [-0.15, -0.1) is 0 Å². The Morgan fingerprint density at radius 2 is 1.65 bits per heavy atom. The van der Waals surface area contributed by atoms with Crippen molar-refractivity contribution in [2.75, 3.05) is 43.7 Å². The Balaban J connectivity index is 1.56. The van der Waals surface area contributed by atoms with E-state index in [1.54, 1.807) is 19.0 Å². The molecule has 13 nitrogen and oxygen atoms in total. The molecular formula is C31H31ClF3N5O8. The number of halogens is 4. The number of aliphatic hydroxyl groups is 1. The van der Waals surface area contributed by atoms with Gasteiger partial charge in [0.1, 0.15) is 5.75 Å². The first-order chi connectivity index (χ1) is 22.2. The van der Waals surface area contributed by atoms with Crippen LogP contribution < -0.4 is 21.3 Å². The molecule has 17 heteroatoms. The molecule has 0 spiro atoms. The molecule has 2 aromatic rings. The highest BCUT2D eigenvalue weighted by molar-refractivity contribution is 6.32. The number of benzene rings is 2. The number of likely N-dealkylation sites (N-methyl/N-ethyl adjacent to an activating group) is 1. The van der Waals surface area contributed by atoms with Crippen molar-refractivity contribution < 1.29 is 52.2 Å². The molecule has 0 aliphatic heterocycles. The summed E-state index contributed by atoms with van der Waals surface area (Å²) in [5.41, 5.74) is 0.270. The molecule has 2 saturated carbocycles. The molecule has 48 heavy (non-hydrogen) atoms. The van der Waals surface area contributed by atoms with Crippen LogP contribution in [0.25, 0.3) is 0 Å². The second kappa shape index (κ2) is 11.9. The molecule has 2 aromatic carbocycles. The smallest absolute Gasteiger partial charge is 0.418 e. The van der Waals surface area contributed by atoms with Crippen LogP contribution in [0.4, 0.5) is 35.0 Å². The summed E-state index contributed by atoms with van der Waals surface area (Å²) in [6.07, 6.45) is -5.09. The molecule has 256 valence electrons. The van der Waals surface area contributed by atoms with Crippen molar-refractivity contribution in [2.45, 2.75) is 30.7 Å². The number of rotatable bonds is 5. The molecule has 6 N–H and O–H groups in total. The predicted octanol–water partition coefficient (Wildman–Crippen LogP) is 2.25. The highest BCUT2D eigenvalue weighted by Gasteiger charge is 2.69. The molecule has 3 aliphatic carbocycles. The quantitative estimate of drug-likeness (QED) is 0.229. The Morgan fingerprint density at radius 1 is 1.02 bits per heavy atom. The molecule has 0 saturated heterocycles. The van der Waals surface area contributed by atoms with Crippen molar-refractivity contribution in [3.63, 3.8) is 0 Å². The van der Waals surface area contributed by atoms with Gasteiger partial charge in [0.2, 0.25) is 5.91 Å². The third kappa shape index (κ3) is 5.37. The number of alkyl halides is 3. The van der Waals surface area contributed by atoms with E-state index in [0.29, 0.717) is 11.8 Å². The van der Waals surface area contributed by atoms with Crippen molar-refractivity contribution in [1.29, 1.82) is 0 Å². The third-order valence-electron chi connectivity index (χ3n) is 9.30. The van der Waals surface area contributed by atoms with Crippen LogP contribution in [-0.2, 0) is 31.8 Å². The average molecular weight is 694 g/mol. The number of Topliss-reactive ketones (excluding diaryl/α,β-unsaturated/α-hetero) is 4. The molecule has 0 aromatic heterocycles. The topological polar surface area (TPSA) is 199 Å². The summed E-state index contributed by atoms with van der Waals surface area (Å²) in [5.74, 6) is -12.7. The average Bonchev–Trinajstić information content (AvgIpc) is 2.96. The number of carbonyl (C=O) groups is 6. The number of hydrogen-bond donors (Lipinski definition) is 5. The maximum absolute atomic E-state index is 14.1. The molecule has 3 amide bonds. The Kier molecular flexibility index (Phi) is 8.59. The SMILES string of the molecule is CN(C)c1cc(NC(=O)Nc2ccc(Cl)cc2C(F)(F)F)c(O)c2c1C[C@@H]1C[C@@H]3[C@@H](N(C)C)C(=O)C(C(N)=O)C(=O)[C@]3(O)C(=O)C1C2=O. The van der Waals surface area contributed by atoms with E-state index >= 15 is 0 Å². The van der Waals surface area contributed by atoms with Crippen LogP contribution in [0.1, 0.15) is 27.9 Å². The van der Waals surface area contributed by atoms with Gasteiger partial charge in [-0.2, -0.15) is 13.2 Å². The molecule has 5 rings (SSSR count). The van der Waals surface area contributed by atoms with Crippen LogP contribution >= 0.6 is 11.6 Å². The fourth-order valence-corrected chi connectivity index (χ4v) is 7.45. The lowest BCUT2D eigenvalue weighted by atomic mass is 9.52. The minimum Gasteiger partial charge on any atom is -0.505 e. The van der Waals surface area contributed by atoms with E-state index < -0.39 is 105 Å². The number of ketones is 4. The largest absolute Gasteiger partial charge is 0.505 e. The zero-order valence-corrected chi connectivity index (χ0v) is 26.7. The number of phenolic OH excluding ortho intramolecular Hbond substituents is 1. The number of phenols is 1. The zero-order chi connectivity index (χ0) is 35.8. The van der Waals surface area contributed by atoms with E-state index in [1.165, 1.54) is 25.1 Å². The lowest BCUT2D eigenvalue weighted by Gasteiger charge is -2.52. The molecule has 2 fully saturated rings. The Bertz CT molecular complexity index is 1800. The molecule has 0 radical (unpaired) electrons. The summed E-state index contributed by atoms with van der Waals surface area (Å²) in [7, 11) is 6.12. The van der Waals surface area contributed by atoms with Crippen LogP contribution in [0.15, 0.2) is 24.3 Å². The number of carbonyl (C=O) groups excluding carboxylic acids is 6. The summed E-state index contributed by atoms with van der Waals surface area (Å²) in [6.45, 7) is 0. The summed E-state index contributed by atoms with van der Waals surface area (Å²) >= 11 is 5.71. The lowest BCUT2D eigenvalue weighted by molar-refractivity contribution is -0.181. The first kappa shape index (κ1) is 34.8. The maximum Gasteiger partial charge on any atom is 0.418 e. The maximum atomic E-state index is 14.1. The molecule has 0 bridgehead atoms. The zero-order valence-electron chi connectivity index (χ0n) is 25.9. The van der Waals surface area contributed by atoms with Gasteiger partial charge < -0.3 is 31.5 Å². The Hall–Kier alpha value is -4.54. The van der Waals surface area contributed by atoms with Crippen LogP contribution in [0, 0.1) is 23.7 Å². The van der Waals surface area contributed by atoms with E-state index in [-0.39, 0.29) is 23.4 Å². The summed E-state index contributed by atoms with van der Waals surface area (Å²) in [6, 6.07) is 1.48. The van der Waals surface area contributed by atoms with Crippen LogP contribution in [0.3, 0.4) is 0 Å². The minimum absolute atomic E-state index is 0.0426. The van der Waals surface area contributed by atoms with Gasteiger partial charge in [0, 0.05) is 30.7 Å². The number of aromatic hydroxyl groups is 1. The van der Waals surface area contributed by atoms with E-state index in [2.05, 4.69) is 10.6 Å². The molecule has 0 heterocycles. The summed E-state index contributed by atoms with van der Waals surface area (Å²) in [5, 5.41) is 27.1. The van der Waals surface area contributed by atoms with Crippen LogP contribution in [0.5, 0.6) is 5.75 Å². The number of nitrogens with one attached hydrogen (secondary N) is 2. The van der Waals surface area contributed by atoms with Gasteiger partial charge in [0.25, 0.3) is 0 Å². The van der Waals surface area contributed by atoms with Crippen molar-refractivity contribution in [1.82, 2.24) is 4.90 Å². The van der Waals surface area contributed by atoms with Gasteiger partial charge in [-0.1, -0.05) is 11.6 Å². The fourth-order valence-electron chi connectivity index (χ4n) is 7.28. The standard InChI is InChI=1S/C31H31ClF3N5O8/c1-39(2)18-10-17(38-29(47)37-16-6-5-12(32)9-14(16)31(33,34)35)23(41)20-13(18)7-11-8-15-22(40(3)4)25(43)21(28(36)46)27(45)30(15,48)26(44)19(11)24(20)42/h5-6,9-11,15,19,21-22,41,48H,7-8H2,1-4H3,(H2,36,46)(H2,37,38,47)/t11-,15-,19?,21?,22-,30-/m1/s1. The minimum atomic E-state index is -4.88. The first-order valence-corrected chi connectivity index (χ1v) is 14.9. The van der Waals surface area contributed by atoms with Crippen molar-refractivity contribution in [2.24, 2.45) is 29.4 Å². The summed E-state index contributed by atoms with van der Waals surface area (Å²) in [4.78, 5) is 83.0. The molecule has 6 atom stereocenters. The van der Waals surface area contributed by atoms with Crippen molar-refractivity contribution in [3.05, 3.63) is 46.0 Å². The van der Waals surface area contributed by atoms with Crippen molar-refractivity contribution >= 4 is 63.7 Å². The second-order valence-corrected chi connectivity index (χ2v) is 13.0. The fraction of sp³-hybridized carbons (Fsp3) is 0.419. The number of nitrogens with zero attached hydrogens (tertiary/aromatic N) is 2. The number of nitrogens with two attached hydrogens (primary N) is 1. The highest BCUT2D eigenvalue weighted by atomic mass is 35.5. The number of amides is 3. The summed E-state index contributed by atoms with van der Waals surface area (Å²) < 4.78 is 40.8. The van der Waals surface area contributed by atoms with Gasteiger partial charge in [-0.05, 0) is 62.7 Å². The number of fused-ring (bicyclic) bond motifs is 3. The number of anilines is 3. The van der Waals surface area contributed by atoms with Gasteiger partial charge in [-0.25, -0.2) is 4.79 Å². The molecule has 3 aliphatic rings. The van der Waals surface area contributed by atoms with Crippen LogP contribution in [-0.4, -0.2) is 90.0 Å². The first-order valence-electron chi connectivity index (χ1n) is 14.6. The number of primary amides is 1. The van der Waals surface area contributed by atoms with Gasteiger partial charge in [0.05, 0.1) is 34.5 Å². The predicted molar refractivity (Wildman–Crippen MR) is 165 cm³/mol. The Labute approximate surface area is 276 Å². The van der Waals surface area contributed by atoms with Crippen molar-refractivity contribution in [3.8, 4) is 5.75 Å².